The fourth-order valence-electron chi connectivity index (χ4n) is 4.97. The lowest BCUT2D eigenvalue weighted by molar-refractivity contribution is 0.240. The summed E-state index contributed by atoms with van der Waals surface area (Å²) in [5.41, 5.74) is 10.2. The third kappa shape index (κ3) is 4.25. The molecular weight excluding hydrogens is 454 g/mol. The van der Waals surface area contributed by atoms with Crippen LogP contribution in [0, 0.1) is 11.3 Å². The number of ether oxygens (including phenoxy) is 1. The molecule has 2 amide bonds. The van der Waals surface area contributed by atoms with Crippen LogP contribution in [0.4, 0.5) is 10.5 Å². The van der Waals surface area contributed by atoms with Gasteiger partial charge >= 0.3 is 6.03 Å². The number of urea groups is 1. The van der Waals surface area contributed by atoms with Crippen molar-refractivity contribution >= 4 is 28.5 Å². The van der Waals surface area contributed by atoms with E-state index in [1.165, 1.54) is 12.8 Å². The van der Waals surface area contributed by atoms with Crippen LogP contribution in [-0.2, 0) is 0 Å². The molecule has 9 heteroatoms. The molecule has 2 aromatic carbocycles. The fourth-order valence-corrected chi connectivity index (χ4v) is 4.97. The zero-order chi connectivity index (χ0) is 24.5. The van der Waals surface area contributed by atoms with E-state index in [0.29, 0.717) is 24.9 Å². The Balaban J connectivity index is 1.31. The first-order valence-electron chi connectivity index (χ1n) is 12.6. The van der Waals surface area contributed by atoms with E-state index in [-0.39, 0.29) is 12.1 Å². The number of hydrogen-bond acceptors (Lipinski definition) is 6. The van der Waals surface area contributed by atoms with Crippen LogP contribution in [0.15, 0.2) is 47.5 Å². The molecule has 6 rings (SSSR count). The second kappa shape index (κ2) is 9.55. The zero-order valence-corrected chi connectivity index (χ0v) is 20.0. The number of nitriles is 1. The molecule has 0 radical (unpaired) electrons. The van der Waals surface area contributed by atoms with Crippen LogP contribution in [0.1, 0.15) is 50.1 Å². The van der Waals surface area contributed by atoms with Crippen molar-refractivity contribution in [2.45, 2.75) is 50.6 Å². The van der Waals surface area contributed by atoms with Gasteiger partial charge in [0.05, 0.1) is 16.8 Å². The van der Waals surface area contributed by atoms with E-state index in [1.807, 2.05) is 42.5 Å². The molecular formula is C27H29N7O2. The van der Waals surface area contributed by atoms with Crippen molar-refractivity contribution in [3.63, 3.8) is 0 Å². The average molecular weight is 484 g/mol. The van der Waals surface area contributed by atoms with Gasteiger partial charge in [-0.2, -0.15) is 5.26 Å². The van der Waals surface area contributed by atoms with Crippen molar-refractivity contribution in [2.75, 3.05) is 18.6 Å². The molecule has 3 aliphatic rings. The van der Waals surface area contributed by atoms with Crippen molar-refractivity contribution in [2.24, 2.45) is 4.99 Å². The molecule has 2 fully saturated rings. The molecule has 4 N–H and O–H groups in total. The Morgan fingerprint density at radius 1 is 1.14 bits per heavy atom. The first kappa shape index (κ1) is 22.4. The highest BCUT2D eigenvalue weighted by atomic mass is 16.5. The lowest BCUT2D eigenvalue weighted by atomic mass is 9.92. The topological polar surface area (TPSA) is 116 Å². The van der Waals surface area contributed by atoms with Crippen LogP contribution in [-0.4, -0.2) is 35.8 Å². The number of rotatable bonds is 7. The third-order valence-electron chi connectivity index (χ3n) is 7.34. The number of anilines is 1. The number of nitrogens with one attached hydrogen (secondary N) is 4. The van der Waals surface area contributed by atoms with Crippen LogP contribution >= 0.6 is 0 Å². The molecule has 0 atom stereocenters. The smallest absolute Gasteiger partial charge is 0.319 e. The molecule has 0 saturated heterocycles. The molecule has 1 aromatic heterocycles. The van der Waals surface area contributed by atoms with Crippen LogP contribution in [0.5, 0.6) is 5.75 Å². The minimum Gasteiger partial charge on any atom is -0.486 e. The van der Waals surface area contributed by atoms with Crippen LogP contribution in [0.25, 0.3) is 22.2 Å². The van der Waals surface area contributed by atoms with E-state index >= 15 is 0 Å². The van der Waals surface area contributed by atoms with E-state index in [9.17, 15) is 10.1 Å². The molecule has 184 valence electrons. The number of hydrogen-bond donors (Lipinski definition) is 4. The van der Waals surface area contributed by atoms with E-state index in [0.717, 1.165) is 65.1 Å². The number of amides is 2. The number of aliphatic imine (C=N–C) groups is 1. The molecule has 36 heavy (non-hydrogen) atoms. The Kier molecular flexibility index (Phi) is 5.95. The van der Waals surface area contributed by atoms with Gasteiger partial charge in [0.15, 0.2) is 5.84 Å². The van der Waals surface area contributed by atoms with Crippen molar-refractivity contribution in [3.05, 3.63) is 48.0 Å². The minimum atomic E-state index is -0.171. The van der Waals surface area contributed by atoms with E-state index in [4.69, 9.17) is 4.74 Å². The largest absolute Gasteiger partial charge is 0.486 e. The highest BCUT2D eigenvalue weighted by molar-refractivity contribution is 5.96. The van der Waals surface area contributed by atoms with E-state index < -0.39 is 0 Å². The average Bonchev–Trinajstić information content (AvgIpc) is 3.46. The number of fused-ring (bicyclic) bond motifs is 1. The van der Waals surface area contributed by atoms with Crippen molar-refractivity contribution < 1.29 is 9.53 Å². The number of hydrazine groups is 1. The number of benzene rings is 2. The maximum absolute atomic E-state index is 12.3. The Morgan fingerprint density at radius 2 is 1.94 bits per heavy atom. The standard InChI is InChI=1S/C27H29N7O2/c28-14-23-22-12-11-21(36-15-25-29-16-30-33-25)13-24(22)34(20-5-2-6-20)26(23)17-7-9-19(10-8-17)32-27(35)31-18-3-1-4-18/h7-13,18,20,30H,1-6,15-16H2,(H,29,33)(H2,31,32,35). The highest BCUT2D eigenvalue weighted by Gasteiger charge is 2.28. The number of carbonyl (C=O) groups excluding carboxylic acids is 1. The summed E-state index contributed by atoms with van der Waals surface area (Å²) in [5, 5.41) is 17.0. The molecule has 9 nitrogen and oxygen atoms in total. The Morgan fingerprint density at radius 3 is 2.58 bits per heavy atom. The van der Waals surface area contributed by atoms with Gasteiger partial charge in [0.2, 0.25) is 0 Å². The van der Waals surface area contributed by atoms with Gasteiger partial charge in [0, 0.05) is 29.2 Å². The highest BCUT2D eigenvalue weighted by Crippen LogP contribution is 2.43. The van der Waals surface area contributed by atoms with Gasteiger partial charge in [-0.1, -0.05) is 12.1 Å². The summed E-state index contributed by atoms with van der Waals surface area (Å²) in [6.07, 6.45) is 6.61. The van der Waals surface area contributed by atoms with Gasteiger partial charge in [0.1, 0.15) is 25.1 Å². The number of aromatic nitrogens is 1. The Bertz CT molecular complexity index is 1360. The van der Waals surface area contributed by atoms with Gasteiger partial charge in [0.25, 0.3) is 0 Å². The molecule has 0 unspecified atom stereocenters. The monoisotopic (exact) mass is 483 g/mol. The zero-order valence-electron chi connectivity index (χ0n) is 20.0. The first-order valence-corrected chi connectivity index (χ1v) is 12.6. The molecule has 0 bridgehead atoms. The molecule has 0 spiro atoms. The summed E-state index contributed by atoms with van der Waals surface area (Å²) in [4.78, 5) is 16.5. The van der Waals surface area contributed by atoms with E-state index in [2.05, 4.69) is 37.1 Å². The maximum atomic E-state index is 12.3. The minimum absolute atomic E-state index is 0.171. The quantitative estimate of drug-likeness (QED) is 0.397. The SMILES string of the molecule is N#Cc1c(-c2ccc(NC(=O)NC3CCC3)cc2)n(C2CCC2)c2cc(OCC3=NCNN3)ccc12. The normalized spacial score (nSPS) is 17.5. The number of amidine groups is 1. The second-order valence-corrected chi connectivity index (χ2v) is 9.63. The predicted octanol–water partition coefficient (Wildman–Crippen LogP) is 4.42. The van der Waals surface area contributed by atoms with Gasteiger partial charge in [-0.3, -0.25) is 4.99 Å². The van der Waals surface area contributed by atoms with Crippen molar-refractivity contribution in [3.8, 4) is 23.1 Å². The number of nitrogens with zero attached hydrogens (tertiary/aromatic N) is 3. The lowest BCUT2D eigenvalue weighted by Gasteiger charge is -2.30. The summed E-state index contributed by atoms with van der Waals surface area (Å²) in [6, 6.07) is 16.6. The summed E-state index contributed by atoms with van der Waals surface area (Å²) >= 11 is 0. The summed E-state index contributed by atoms with van der Waals surface area (Å²) in [6.45, 7) is 0.889. The summed E-state index contributed by atoms with van der Waals surface area (Å²) < 4.78 is 8.30. The number of carbonyl (C=O) groups is 1. The van der Waals surface area contributed by atoms with Crippen LogP contribution in [0.2, 0.25) is 0 Å². The predicted molar refractivity (Wildman–Crippen MR) is 139 cm³/mol. The molecule has 2 aliphatic carbocycles. The van der Waals surface area contributed by atoms with Crippen LogP contribution < -0.4 is 26.2 Å². The Labute approximate surface area is 209 Å². The first-order chi connectivity index (χ1) is 17.7. The van der Waals surface area contributed by atoms with Gasteiger partial charge in [-0.15, -0.1) is 0 Å². The van der Waals surface area contributed by atoms with Gasteiger partial charge in [-0.25, -0.2) is 10.2 Å². The van der Waals surface area contributed by atoms with Gasteiger partial charge in [-0.05, 0) is 68.4 Å². The lowest BCUT2D eigenvalue weighted by Crippen LogP contribution is -2.41. The third-order valence-corrected chi connectivity index (χ3v) is 7.34. The maximum Gasteiger partial charge on any atom is 0.319 e. The summed E-state index contributed by atoms with van der Waals surface area (Å²) in [7, 11) is 0. The van der Waals surface area contributed by atoms with Crippen molar-refractivity contribution in [1.29, 1.82) is 5.26 Å². The second-order valence-electron chi connectivity index (χ2n) is 9.63. The molecule has 2 heterocycles. The molecule has 2 saturated carbocycles. The van der Waals surface area contributed by atoms with Crippen molar-refractivity contribution in [1.82, 2.24) is 20.7 Å². The van der Waals surface area contributed by atoms with E-state index in [1.54, 1.807) is 0 Å². The van der Waals surface area contributed by atoms with Crippen LogP contribution in [0.3, 0.4) is 0 Å². The Hall–Kier alpha value is -4.03. The summed E-state index contributed by atoms with van der Waals surface area (Å²) in [5.74, 6) is 1.50. The van der Waals surface area contributed by atoms with Gasteiger partial charge < -0.3 is 25.4 Å². The fraction of sp³-hybridized carbons (Fsp3) is 0.370. The molecule has 1 aliphatic heterocycles. The molecule has 3 aromatic rings.